The van der Waals surface area contributed by atoms with E-state index >= 15 is 0 Å². The summed E-state index contributed by atoms with van der Waals surface area (Å²) in [6.07, 6.45) is 1.94. The van der Waals surface area contributed by atoms with Crippen LogP contribution >= 0.6 is 0 Å². The van der Waals surface area contributed by atoms with E-state index in [4.69, 9.17) is 4.74 Å². The van der Waals surface area contributed by atoms with E-state index in [-0.39, 0.29) is 5.54 Å². The number of aromatic nitrogens is 2. The maximum absolute atomic E-state index is 5.64. The third-order valence-electron chi connectivity index (χ3n) is 2.48. The molecule has 0 fully saturated rings. The maximum Gasteiger partial charge on any atom is 0.233 e. The van der Waals surface area contributed by atoms with Gasteiger partial charge in [0.2, 0.25) is 5.88 Å². The second-order valence-corrected chi connectivity index (χ2v) is 5.04. The molecule has 0 aliphatic carbocycles. The Morgan fingerprint density at radius 2 is 1.82 bits per heavy atom. The van der Waals surface area contributed by atoms with Crippen molar-refractivity contribution in [3.63, 3.8) is 0 Å². The van der Waals surface area contributed by atoms with Gasteiger partial charge in [-0.2, -0.15) is 0 Å². The first-order valence-electron chi connectivity index (χ1n) is 5.78. The van der Waals surface area contributed by atoms with E-state index in [0.717, 1.165) is 5.56 Å². The molecule has 0 saturated heterocycles. The van der Waals surface area contributed by atoms with Crippen LogP contribution in [0.3, 0.4) is 0 Å². The molecule has 1 aromatic heterocycles. The monoisotopic (exact) mass is 230 g/mol. The lowest BCUT2D eigenvalue weighted by molar-refractivity contribution is 0.276. The highest BCUT2D eigenvalue weighted by atomic mass is 16.5. The molecule has 3 heteroatoms. The minimum atomic E-state index is -0.00560. The highest BCUT2D eigenvalue weighted by Crippen LogP contribution is 2.16. The molecule has 0 bridgehead atoms. The van der Waals surface area contributed by atoms with Crippen LogP contribution in [0.4, 0.5) is 0 Å². The van der Waals surface area contributed by atoms with E-state index in [2.05, 4.69) is 25.9 Å². The lowest BCUT2D eigenvalue weighted by Crippen LogP contribution is -2.22. The van der Waals surface area contributed by atoms with Crippen molar-refractivity contribution in [3.8, 4) is 5.88 Å². The third-order valence-corrected chi connectivity index (χ3v) is 2.48. The van der Waals surface area contributed by atoms with Crippen LogP contribution in [0, 0.1) is 0 Å². The van der Waals surface area contributed by atoms with E-state index in [0.29, 0.717) is 12.5 Å². The molecule has 0 amide bonds. The Bertz CT molecular complexity index is 468. The Balaban J connectivity index is 1.99. The fraction of sp³-hybridized carbons (Fsp3) is 0.357. The fourth-order valence-electron chi connectivity index (χ4n) is 1.49. The van der Waals surface area contributed by atoms with Crippen molar-refractivity contribution < 1.29 is 4.74 Å². The maximum atomic E-state index is 5.64. The number of hydrogen-bond acceptors (Lipinski definition) is 2. The summed E-state index contributed by atoms with van der Waals surface area (Å²) in [5.74, 6) is 0.670. The van der Waals surface area contributed by atoms with Gasteiger partial charge in [0.25, 0.3) is 0 Å². The number of nitrogens with zero attached hydrogens (tertiary/aromatic N) is 2. The summed E-state index contributed by atoms with van der Waals surface area (Å²) in [6.45, 7) is 6.89. The minimum absolute atomic E-state index is 0.00560. The van der Waals surface area contributed by atoms with Gasteiger partial charge in [-0.25, -0.2) is 0 Å². The molecule has 1 aromatic carbocycles. The molecule has 17 heavy (non-hydrogen) atoms. The zero-order valence-corrected chi connectivity index (χ0v) is 10.6. The van der Waals surface area contributed by atoms with Crippen molar-refractivity contribution in [1.82, 2.24) is 9.78 Å². The van der Waals surface area contributed by atoms with Gasteiger partial charge in [0.15, 0.2) is 0 Å². The first-order chi connectivity index (χ1) is 8.05. The fourth-order valence-corrected chi connectivity index (χ4v) is 1.49. The Morgan fingerprint density at radius 1 is 1.12 bits per heavy atom. The standard InChI is InChI=1S/C14H18N2O/c1-14(2,3)16-10-9-13(15-16)17-11-12-7-5-4-6-8-12/h4-10H,11H2,1-3H3. The van der Waals surface area contributed by atoms with Gasteiger partial charge >= 0.3 is 0 Å². The van der Waals surface area contributed by atoms with Gasteiger partial charge in [0.1, 0.15) is 6.61 Å². The predicted octanol–water partition coefficient (Wildman–Crippen LogP) is 3.22. The van der Waals surface area contributed by atoms with Crippen molar-refractivity contribution in [1.29, 1.82) is 0 Å². The molecule has 0 N–H and O–H groups in total. The van der Waals surface area contributed by atoms with Crippen LogP contribution < -0.4 is 4.74 Å². The van der Waals surface area contributed by atoms with Gasteiger partial charge in [0, 0.05) is 12.3 Å². The number of rotatable bonds is 3. The normalized spacial score (nSPS) is 11.5. The number of benzene rings is 1. The largest absolute Gasteiger partial charge is 0.472 e. The van der Waals surface area contributed by atoms with Crippen LogP contribution in [-0.2, 0) is 12.1 Å². The first kappa shape index (κ1) is 11.7. The molecule has 0 radical (unpaired) electrons. The lowest BCUT2D eigenvalue weighted by atomic mass is 10.1. The molecule has 3 nitrogen and oxygen atoms in total. The molecule has 0 saturated carbocycles. The van der Waals surface area contributed by atoms with E-state index < -0.39 is 0 Å². The van der Waals surface area contributed by atoms with Gasteiger partial charge in [-0.3, -0.25) is 4.68 Å². The third kappa shape index (κ3) is 3.09. The topological polar surface area (TPSA) is 27.1 Å². The van der Waals surface area contributed by atoms with Crippen molar-refractivity contribution in [2.45, 2.75) is 32.9 Å². The van der Waals surface area contributed by atoms with E-state index in [9.17, 15) is 0 Å². The molecule has 2 aromatic rings. The molecule has 1 heterocycles. The average Bonchev–Trinajstić information content (AvgIpc) is 2.76. The van der Waals surface area contributed by atoms with Gasteiger partial charge in [0.05, 0.1) is 5.54 Å². The summed E-state index contributed by atoms with van der Waals surface area (Å²) in [5, 5.41) is 4.39. The van der Waals surface area contributed by atoms with E-state index in [1.165, 1.54) is 0 Å². The Labute approximate surface area is 102 Å². The van der Waals surface area contributed by atoms with Crippen molar-refractivity contribution in [3.05, 3.63) is 48.2 Å². The van der Waals surface area contributed by atoms with Crippen molar-refractivity contribution >= 4 is 0 Å². The highest BCUT2D eigenvalue weighted by molar-refractivity contribution is 5.15. The van der Waals surface area contributed by atoms with Crippen LogP contribution in [0.1, 0.15) is 26.3 Å². The second kappa shape index (κ2) is 4.62. The van der Waals surface area contributed by atoms with Gasteiger partial charge in [-0.05, 0) is 26.3 Å². The highest BCUT2D eigenvalue weighted by Gasteiger charge is 2.14. The Kier molecular flexibility index (Phi) is 3.18. The number of hydrogen-bond donors (Lipinski definition) is 0. The van der Waals surface area contributed by atoms with Crippen molar-refractivity contribution in [2.24, 2.45) is 0 Å². The van der Waals surface area contributed by atoms with Crippen LogP contribution in [0.15, 0.2) is 42.6 Å². The summed E-state index contributed by atoms with van der Waals surface area (Å²) in [5.41, 5.74) is 1.15. The first-order valence-corrected chi connectivity index (χ1v) is 5.78. The molecule has 0 aliphatic rings. The summed E-state index contributed by atoms with van der Waals surface area (Å²) in [4.78, 5) is 0. The average molecular weight is 230 g/mol. The zero-order chi connectivity index (χ0) is 12.3. The quantitative estimate of drug-likeness (QED) is 0.809. The second-order valence-electron chi connectivity index (χ2n) is 5.04. The molecule has 0 aliphatic heterocycles. The van der Waals surface area contributed by atoms with Crippen LogP contribution in [0.5, 0.6) is 5.88 Å². The molecule has 0 atom stereocenters. The molecule has 2 rings (SSSR count). The molecule has 90 valence electrons. The van der Waals surface area contributed by atoms with E-state index in [1.54, 1.807) is 0 Å². The van der Waals surface area contributed by atoms with E-state index in [1.807, 2.05) is 47.3 Å². The van der Waals surface area contributed by atoms with Gasteiger partial charge < -0.3 is 4.74 Å². The zero-order valence-electron chi connectivity index (χ0n) is 10.6. The summed E-state index contributed by atoms with van der Waals surface area (Å²) >= 11 is 0. The summed E-state index contributed by atoms with van der Waals surface area (Å²) < 4.78 is 7.55. The number of ether oxygens (including phenoxy) is 1. The van der Waals surface area contributed by atoms with Crippen LogP contribution in [0.2, 0.25) is 0 Å². The van der Waals surface area contributed by atoms with Gasteiger partial charge in [-0.15, -0.1) is 5.10 Å². The molecule has 0 unspecified atom stereocenters. The molecular weight excluding hydrogens is 212 g/mol. The summed E-state index contributed by atoms with van der Waals surface area (Å²) in [6, 6.07) is 12.0. The Morgan fingerprint density at radius 3 is 2.41 bits per heavy atom. The SMILES string of the molecule is CC(C)(C)n1ccc(OCc2ccccc2)n1. The molecular formula is C14H18N2O. The molecule has 0 spiro atoms. The predicted molar refractivity (Wildman–Crippen MR) is 68.0 cm³/mol. The lowest BCUT2D eigenvalue weighted by Gasteiger charge is -2.18. The van der Waals surface area contributed by atoms with Crippen LogP contribution in [-0.4, -0.2) is 9.78 Å². The smallest absolute Gasteiger partial charge is 0.233 e. The summed E-state index contributed by atoms with van der Waals surface area (Å²) in [7, 11) is 0. The Hall–Kier alpha value is -1.77. The van der Waals surface area contributed by atoms with Crippen molar-refractivity contribution in [2.75, 3.05) is 0 Å². The minimum Gasteiger partial charge on any atom is -0.472 e. The van der Waals surface area contributed by atoms with Gasteiger partial charge in [-0.1, -0.05) is 30.3 Å². The van der Waals surface area contributed by atoms with Crippen LogP contribution in [0.25, 0.3) is 0 Å².